The highest BCUT2D eigenvalue weighted by molar-refractivity contribution is 7.97. The summed E-state index contributed by atoms with van der Waals surface area (Å²) in [4.78, 5) is 56.0. The third kappa shape index (κ3) is 10.2. The van der Waals surface area contributed by atoms with Crippen molar-refractivity contribution in [3.05, 3.63) is 110 Å². The van der Waals surface area contributed by atoms with Crippen molar-refractivity contribution in [1.29, 1.82) is 5.26 Å². The number of carbonyl (C=O) groups excluding carboxylic acids is 3. The molecule has 1 aliphatic rings. The van der Waals surface area contributed by atoms with Gasteiger partial charge in [-0.2, -0.15) is 5.26 Å². The van der Waals surface area contributed by atoms with Crippen LogP contribution in [0.5, 0.6) is 5.88 Å². The van der Waals surface area contributed by atoms with Gasteiger partial charge >= 0.3 is 0 Å². The van der Waals surface area contributed by atoms with E-state index in [1.54, 1.807) is 12.1 Å². The Morgan fingerprint density at radius 1 is 0.862 bits per heavy atom. The van der Waals surface area contributed by atoms with Crippen molar-refractivity contribution in [2.45, 2.75) is 117 Å². The number of nitriles is 1. The van der Waals surface area contributed by atoms with Gasteiger partial charge in [0.15, 0.2) is 11.4 Å². The van der Waals surface area contributed by atoms with E-state index in [0.29, 0.717) is 17.9 Å². The van der Waals surface area contributed by atoms with E-state index in [-0.39, 0.29) is 45.0 Å². The van der Waals surface area contributed by atoms with Gasteiger partial charge in [-0.15, -0.1) is 10.2 Å². The Morgan fingerprint density at radius 3 is 2.24 bits per heavy atom. The predicted octanol–water partition coefficient (Wildman–Crippen LogP) is 11.1. The van der Waals surface area contributed by atoms with Crippen LogP contribution in [0.15, 0.2) is 74.0 Å². The number of hydrogen-bond donors (Lipinski definition) is 1. The van der Waals surface area contributed by atoms with E-state index in [9.17, 15) is 29.5 Å². The lowest BCUT2D eigenvalue weighted by Crippen LogP contribution is -2.23. The second-order valence-corrected chi connectivity index (χ2v) is 16.1. The number of aromatic nitrogens is 1. The van der Waals surface area contributed by atoms with Gasteiger partial charge in [0.25, 0.3) is 17.4 Å². The van der Waals surface area contributed by atoms with Gasteiger partial charge in [-0.3, -0.25) is 19.2 Å². The SMILES string of the molecule is CCCCCCCCC(C)(C)C#Cn1c(O)c(C#N)c(C)c(N=Nc2ccc(C(=O)c3ccc(CCCCCC)o3)c3c2C(=O)N(SCc2ccccc2)C3=O)c1=O. The van der Waals surface area contributed by atoms with Crippen molar-refractivity contribution < 1.29 is 23.9 Å². The molecular weight excluding hydrogens is 751 g/mol. The zero-order chi connectivity index (χ0) is 41.8. The van der Waals surface area contributed by atoms with E-state index in [4.69, 9.17) is 4.42 Å². The Balaban J connectivity index is 1.51. The molecule has 1 aliphatic heterocycles. The summed E-state index contributed by atoms with van der Waals surface area (Å²) in [7, 11) is 0. The minimum absolute atomic E-state index is 0.0317. The molecule has 0 atom stereocenters. The topological polar surface area (TPSA) is 158 Å². The van der Waals surface area contributed by atoms with E-state index < -0.39 is 34.5 Å². The number of amides is 2. The van der Waals surface area contributed by atoms with Gasteiger partial charge < -0.3 is 9.52 Å². The van der Waals surface area contributed by atoms with Gasteiger partial charge in [-0.1, -0.05) is 108 Å². The monoisotopic (exact) mass is 801 g/mol. The van der Waals surface area contributed by atoms with E-state index in [1.807, 2.05) is 50.2 Å². The van der Waals surface area contributed by atoms with Gasteiger partial charge in [-0.05, 0) is 75.4 Å². The average Bonchev–Trinajstić information content (AvgIpc) is 3.79. The van der Waals surface area contributed by atoms with E-state index in [0.717, 1.165) is 77.8 Å². The molecule has 1 N–H and O–H groups in total. The fraction of sp³-hybridized carbons (Fsp3) is 0.413. The Hall–Kier alpha value is -5.72. The molecule has 2 amide bonds. The molecule has 5 rings (SSSR count). The van der Waals surface area contributed by atoms with Crippen molar-refractivity contribution in [2.75, 3.05) is 0 Å². The first kappa shape index (κ1) is 43.4. The Kier molecular flexibility index (Phi) is 15.1. The second kappa shape index (κ2) is 20.1. The van der Waals surface area contributed by atoms with Gasteiger partial charge in [0.05, 0.1) is 16.8 Å². The molecule has 0 aliphatic carbocycles. The molecule has 0 fully saturated rings. The van der Waals surface area contributed by atoms with Crippen LogP contribution in [0.4, 0.5) is 11.4 Å². The fourth-order valence-corrected chi connectivity index (χ4v) is 7.65. The number of furan rings is 1. The molecule has 0 spiro atoms. The summed E-state index contributed by atoms with van der Waals surface area (Å²) in [5.74, 6) is 1.52. The lowest BCUT2D eigenvalue weighted by atomic mass is 9.87. The number of carbonyl (C=O) groups is 3. The second-order valence-electron chi connectivity index (χ2n) is 15.2. The number of nitrogens with zero attached hydrogens (tertiary/aromatic N) is 5. The molecule has 0 radical (unpaired) electrons. The third-order valence-corrected chi connectivity index (χ3v) is 11.2. The zero-order valence-electron chi connectivity index (χ0n) is 34.0. The Bertz CT molecular complexity index is 2340. The predicted molar refractivity (Wildman–Crippen MR) is 226 cm³/mol. The lowest BCUT2D eigenvalue weighted by Gasteiger charge is -2.17. The highest BCUT2D eigenvalue weighted by Gasteiger charge is 2.42. The maximum Gasteiger partial charge on any atom is 0.293 e. The average molecular weight is 802 g/mol. The highest BCUT2D eigenvalue weighted by atomic mass is 32.2. The fourth-order valence-electron chi connectivity index (χ4n) is 6.76. The molecule has 302 valence electrons. The number of ketones is 1. The molecule has 2 aromatic heterocycles. The normalized spacial score (nSPS) is 12.5. The molecule has 0 bridgehead atoms. The number of pyridine rings is 1. The standard InChI is InChI=1S/C46H51N5O6S/c1-6-8-10-12-13-18-26-46(4,5)27-28-50-42(53)35(29-47)31(3)40(45(50)56)49-48-36-24-23-34(41(52)37-25-22-33(57-37)21-17-11-9-7-2)38-39(36)44(55)51(43(38)54)58-30-32-19-15-14-16-20-32/h14-16,19-20,22-25,53H,6-13,17-18,21,26,30H2,1-5H3. The van der Waals surface area contributed by atoms with E-state index >= 15 is 0 Å². The van der Waals surface area contributed by atoms with Crippen LogP contribution in [0.1, 0.15) is 158 Å². The number of aromatic hydroxyl groups is 1. The van der Waals surface area contributed by atoms with Crippen molar-refractivity contribution in [3.63, 3.8) is 0 Å². The summed E-state index contributed by atoms with van der Waals surface area (Å²) in [5.41, 5.74) is -1.24. The highest BCUT2D eigenvalue weighted by Crippen LogP contribution is 2.39. The Morgan fingerprint density at radius 2 is 1.53 bits per heavy atom. The molecular formula is C46H51N5O6S. The van der Waals surface area contributed by atoms with Crippen LogP contribution < -0.4 is 5.56 Å². The summed E-state index contributed by atoms with van der Waals surface area (Å²) in [6.07, 6.45) is 12.3. The molecule has 58 heavy (non-hydrogen) atoms. The zero-order valence-corrected chi connectivity index (χ0v) is 34.8. The maximum atomic E-state index is 14.1. The van der Waals surface area contributed by atoms with E-state index in [1.165, 1.54) is 38.3 Å². The molecule has 0 unspecified atom stereocenters. The van der Waals surface area contributed by atoms with E-state index in [2.05, 4.69) is 36.0 Å². The number of imide groups is 1. The molecule has 2 aromatic carbocycles. The minimum Gasteiger partial charge on any atom is -0.493 e. The first-order valence-electron chi connectivity index (χ1n) is 20.1. The number of hydrogen-bond acceptors (Lipinski definition) is 10. The van der Waals surface area contributed by atoms with Crippen LogP contribution in [0.25, 0.3) is 0 Å². The summed E-state index contributed by atoms with van der Waals surface area (Å²) < 4.78 is 7.72. The summed E-state index contributed by atoms with van der Waals surface area (Å²) >= 11 is 0.991. The van der Waals surface area contributed by atoms with Crippen molar-refractivity contribution >= 4 is 40.9 Å². The van der Waals surface area contributed by atoms with Gasteiger partial charge in [0.2, 0.25) is 11.7 Å². The number of azo groups is 1. The molecule has 12 heteroatoms. The van der Waals surface area contributed by atoms with Crippen LogP contribution in [-0.2, 0) is 12.2 Å². The number of aryl methyl sites for hydroxylation is 1. The van der Waals surface area contributed by atoms with Crippen LogP contribution >= 0.6 is 11.9 Å². The van der Waals surface area contributed by atoms with Gasteiger partial charge in [0.1, 0.15) is 17.4 Å². The lowest BCUT2D eigenvalue weighted by molar-refractivity contribution is 0.0774. The summed E-state index contributed by atoms with van der Waals surface area (Å²) in [5, 5.41) is 29.5. The largest absolute Gasteiger partial charge is 0.493 e. The van der Waals surface area contributed by atoms with Crippen molar-refractivity contribution in [1.82, 2.24) is 8.87 Å². The molecule has 0 saturated heterocycles. The summed E-state index contributed by atoms with van der Waals surface area (Å²) in [6, 6.07) is 20.1. The van der Waals surface area contributed by atoms with Crippen LogP contribution in [0, 0.1) is 35.6 Å². The third-order valence-electron chi connectivity index (χ3n) is 10.2. The first-order valence-corrected chi connectivity index (χ1v) is 21.1. The Labute approximate surface area is 344 Å². The minimum atomic E-state index is -0.810. The molecule has 3 heterocycles. The van der Waals surface area contributed by atoms with Crippen LogP contribution in [0.2, 0.25) is 0 Å². The maximum absolute atomic E-state index is 14.1. The molecule has 4 aromatic rings. The number of rotatable bonds is 19. The number of fused-ring (bicyclic) bond motifs is 1. The number of benzene rings is 2. The summed E-state index contributed by atoms with van der Waals surface area (Å²) in [6.45, 7) is 9.69. The number of unbranched alkanes of at least 4 members (excludes halogenated alkanes) is 8. The smallest absolute Gasteiger partial charge is 0.293 e. The van der Waals surface area contributed by atoms with Crippen LogP contribution in [-0.4, -0.2) is 31.6 Å². The quantitative estimate of drug-likeness (QED) is 0.0245. The first-order chi connectivity index (χ1) is 27.9. The van der Waals surface area contributed by atoms with Gasteiger partial charge in [0, 0.05) is 34.8 Å². The van der Waals surface area contributed by atoms with Gasteiger partial charge in [-0.25, -0.2) is 8.87 Å². The molecule has 11 nitrogen and oxygen atoms in total. The molecule has 0 saturated carbocycles. The van der Waals surface area contributed by atoms with Crippen LogP contribution in [0.3, 0.4) is 0 Å². The van der Waals surface area contributed by atoms with Crippen molar-refractivity contribution in [3.8, 4) is 23.9 Å². The van der Waals surface area contributed by atoms with Crippen molar-refractivity contribution in [2.24, 2.45) is 15.6 Å².